The fourth-order valence-electron chi connectivity index (χ4n) is 2.95. The smallest absolute Gasteiger partial charge is 0.340 e. The number of rotatable bonds is 2. The number of carbonyl (C=O) groups is 1. The fraction of sp³-hybridized carbons (Fsp3) is 0.533. The Hall–Kier alpha value is -1.71. The maximum atomic E-state index is 11.9. The van der Waals surface area contributed by atoms with E-state index in [0.29, 0.717) is 23.3 Å². The van der Waals surface area contributed by atoms with Crippen LogP contribution in [0.5, 0.6) is 0 Å². The van der Waals surface area contributed by atoms with E-state index in [4.69, 9.17) is 10.5 Å². The van der Waals surface area contributed by atoms with Crippen LogP contribution < -0.4 is 10.6 Å². The Bertz CT molecular complexity index is 463. The lowest BCUT2D eigenvalue weighted by Crippen LogP contribution is -2.44. The number of ether oxygens (including phenoxy) is 1. The van der Waals surface area contributed by atoms with Gasteiger partial charge in [0.05, 0.1) is 18.4 Å². The first-order valence-corrected chi connectivity index (χ1v) is 6.80. The minimum Gasteiger partial charge on any atom is -0.465 e. The first-order valence-electron chi connectivity index (χ1n) is 6.80. The molecule has 1 heterocycles. The molecule has 2 N–H and O–H groups in total. The predicted octanol–water partition coefficient (Wildman–Crippen LogP) is 2.82. The molecule has 0 radical (unpaired) electrons. The molecule has 0 amide bonds. The maximum absolute atomic E-state index is 11.9. The third-order valence-electron chi connectivity index (χ3n) is 3.90. The minimum absolute atomic E-state index is 0.327. The van der Waals surface area contributed by atoms with Crippen molar-refractivity contribution in [3.63, 3.8) is 0 Å². The molecule has 2 rings (SSSR count). The summed E-state index contributed by atoms with van der Waals surface area (Å²) < 4.78 is 4.87. The summed E-state index contributed by atoms with van der Waals surface area (Å²) in [4.78, 5) is 14.3. The van der Waals surface area contributed by atoms with Crippen molar-refractivity contribution in [2.75, 3.05) is 17.7 Å². The van der Waals surface area contributed by atoms with Crippen LogP contribution in [0.15, 0.2) is 18.2 Å². The molecule has 1 fully saturated rings. The van der Waals surface area contributed by atoms with E-state index < -0.39 is 0 Å². The van der Waals surface area contributed by atoms with E-state index in [2.05, 4.69) is 18.7 Å². The van der Waals surface area contributed by atoms with Crippen molar-refractivity contribution >= 4 is 17.3 Å². The lowest BCUT2D eigenvalue weighted by molar-refractivity contribution is 0.0601. The highest BCUT2D eigenvalue weighted by Gasteiger charge is 2.28. The Morgan fingerprint density at radius 1 is 1.32 bits per heavy atom. The summed E-state index contributed by atoms with van der Waals surface area (Å²) in [5.41, 5.74) is 7.87. The van der Waals surface area contributed by atoms with Gasteiger partial charge in [0, 0.05) is 17.8 Å². The molecular formula is C15H22N2O2. The van der Waals surface area contributed by atoms with Crippen molar-refractivity contribution < 1.29 is 9.53 Å². The number of anilines is 2. The van der Waals surface area contributed by atoms with Crippen molar-refractivity contribution in [2.24, 2.45) is 0 Å². The summed E-state index contributed by atoms with van der Waals surface area (Å²) in [5.74, 6) is -0.327. The minimum atomic E-state index is -0.327. The second kappa shape index (κ2) is 5.51. The number of nitrogen functional groups attached to an aromatic ring is 1. The molecule has 2 atom stereocenters. The Kier molecular flexibility index (Phi) is 3.98. The monoisotopic (exact) mass is 262 g/mol. The van der Waals surface area contributed by atoms with Gasteiger partial charge in [-0.05, 0) is 51.3 Å². The molecule has 1 saturated heterocycles. The molecule has 1 aromatic rings. The largest absolute Gasteiger partial charge is 0.465 e. The number of nitrogens with two attached hydrogens (primary N) is 1. The molecule has 0 unspecified atom stereocenters. The van der Waals surface area contributed by atoms with Gasteiger partial charge >= 0.3 is 5.97 Å². The number of methoxy groups -OCH3 is 1. The van der Waals surface area contributed by atoms with Crippen LogP contribution in [-0.2, 0) is 4.74 Å². The van der Waals surface area contributed by atoms with Crippen LogP contribution in [0.3, 0.4) is 0 Å². The molecule has 1 aromatic carbocycles. The third kappa shape index (κ3) is 2.67. The fourth-order valence-corrected chi connectivity index (χ4v) is 2.95. The number of nitrogens with zero attached hydrogens (tertiary/aromatic N) is 1. The van der Waals surface area contributed by atoms with E-state index in [1.165, 1.54) is 13.5 Å². The van der Waals surface area contributed by atoms with Crippen molar-refractivity contribution in [3.05, 3.63) is 23.8 Å². The van der Waals surface area contributed by atoms with Crippen LogP contribution in [0.25, 0.3) is 0 Å². The van der Waals surface area contributed by atoms with Crippen molar-refractivity contribution in [1.82, 2.24) is 0 Å². The van der Waals surface area contributed by atoms with Crippen LogP contribution in [0.2, 0.25) is 0 Å². The first kappa shape index (κ1) is 13.7. The van der Waals surface area contributed by atoms with Crippen LogP contribution in [0.4, 0.5) is 11.4 Å². The van der Waals surface area contributed by atoms with Gasteiger partial charge in [-0.15, -0.1) is 0 Å². The van der Waals surface area contributed by atoms with E-state index in [1.54, 1.807) is 6.07 Å². The van der Waals surface area contributed by atoms with Gasteiger partial charge in [-0.3, -0.25) is 0 Å². The zero-order chi connectivity index (χ0) is 14.0. The number of piperidine rings is 1. The lowest BCUT2D eigenvalue weighted by Gasteiger charge is -2.41. The molecule has 4 heteroatoms. The van der Waals surface area contributed by atoms with Gasteiger partial charge in [-0.1, -0.05) is 0 Å². The van der Waals surface area contributed by atoms with E-state index in [9.17, 15) is 4.79 Å². The van der Waals surface area contributed by atoms with Gasteiger partial charge in [0.25, 0.3) is 0 Å². The number of hydrogen-bond acceptors (Lipinski definition) is 4. The van der Waals surface area contributed by atoms with Gasteiger partial charge in [0.2, 0.25) is 0 Å². The predicted molar refractivity (Wildman–Crippen MR) is 77.4 cm³/mol. The summed E-state index contributed by atoms with van der Waals surface area (Å²) in [6.45, 7) is 4.40. The summed E-state index contributed by atoms with van der Waals surface area (Å²) in [7, 11) is 1.40. The van der Waals surface area contributed by atoms with Gasteiger partial charge in [-0.2, -0.15) is 0 Å². The highest BCUT2D eigenvalue weighted by atomic mass is 16.5. The number of esters is 1. The molecule has 1 aliphatic rings. The molecule has 104 valence electrons. The highest BCUT2D eigenvalue weighted by Crippen LogP contribution is 2.32. The molecule has 1 aliphatic heterocycles. The molecule has 4 nitrogen and oxygen atoms in total. The van der Waals surface area contributed by atoms with Crippen LogP contribution in [0, 0.1) is 0 Å². The van der Waals surface area contributed by atoms with Gasteiger partial charge in [0.15, 0.2) is 0 Å². The van der Waals surface area contributed by atoms with E-state index in [-0.39, 0.29) is 5.97 Å². The summed E-state index contributed by atoms with van der Waals surface area (Å²) in [5, 5.41) is 0. The zero-order valence-electron chi connectivity index (χ0n) is 11.8. The summed E-state index contributed by atoms with van der Waals surface area (Å²) in [6.07, 6.45) is 3.53. The zero-order valence-corrected chi connectivity index (χ0v) is 11.8. The van der Waals surface area contributed by atoms with Gasteiger partial charge < -0.3 is 15.4 Å². The molecule has 0 bridgehead atoms. The average molecular weight is 262 g/mol. The highest BCUT2D eigenvalue weighted by molar-refractivity contribution is 5.97. The number of benzene rings is 1. The molecule has 0 aromatic heterocycles. The van der Waals surface area contributed by atoms with Gasteiger partial charge in [0.1, 0.15) is 0 Å². The van der Waals surface area contributed by atoms with Crippen molar-refractivity contribution in [2.45, 2.75) is 45.2 Å². The standard InChI is InChI=1S/C15H22N2O2/c1-10-5-4-6-11(2)17(10)14-8-7-12(16)9-13(14)15(18)19-3/h7-11H,4-6,16H2,1-3H3/t10-,11+. The molecular weight excluding hydrogens is 240 g/mol. The van der Waals surface area contributed by atoms with E-state index in [1.807, 2.05) is 12.1 Å². The number of carbonyl (C=O) groups excluding carboxylic acids is 1. The maximum Gasteiger partial charge on any atom is 0.340 e. The Balaban J connectivity index is 2.45. The molecule has 0 saturated carbocycles. The lowest BCUT2D eigenvalue weighted by atomic mass is 9.95. The number of hydrogen-bond donors (Lipinski definition) is 1. The normalized spacial score (nSPS) is 23.2. The first-order chi connectivity index (χ1) is 9.04. The second-order valence-electron chi connectivity index (χ2n) is 5.30. The SMILES string of the molecule is COC(=O)c1cc(N)ccc1N1[C@H](C)CCC[C@@H]1C. The summed E-state index contributed by atoms with van der Waals surface area (Å²) in [6, 6.07) is 6.33. The summed E-state index contributed by atoms with van der Waals surface area (Å²) >= 11 is 0. The average Bonchev–Trinajstić information content (AvgIpc) is 2.39. The van der Waals surface area contributed by atoms with E-state index >= 15 is 0 Å². The topological polar surface area (TPSA) is 55.6 Å². The van der Waals surface area contributed by atoms with Crippen LogP contribution >= 0.6 is 0 Å². The van der Waals surface area contributed by atoms with E-state index in [0.717, 1.165) is 18.5 Å². The van der Waals surface area contributed by atoms with Crippen molar-refractivity contribution in [1.29, 1.82) is 0 Å². The molecule has 19 heavy (non-hydrogen) atoms. The van der Waals surface area contributed by atoms with Crippen LogP contribution in [-0.4, -0.2) is 25.2 Å². The van der Waals surface area contributed by atoms with Crippen LogP contribution in [0.1, 0.15) is 43.5 Å². The second-order valence-corrected chi connectivity index (χ2v) is 5.30. The quantitative estimate of drug-likeness (QED) is 0.657. The Labute approximate surface area is 114 Å². The van der Waals surface area contributed by atoms with Gasteiger partial charge in [-0.25, -0.2) is 4.79 Å². The van der Waals surface area contributed by atoms with Crippen molar-refractivity contribution in [3.8, 4) is 0 Å². The molecule has 0 aliphatic carbocycles. The Morgan fingerprint density at radius 2 is 1.95 bits per heavy atom. The third-order valence-corrected chi connectivity index (χ3v) is 3.90. The Morgan fingerprint density at radius 3 is 2.53 bits per heavy atom. The molecule has 0 spiro atoms.